The van der Waals surface area contributed by atoms with Crippen LogP contribution in [0.25, 0.3) is 0 Å². The fourth-order valence-electron chi connectivity index (χ4n) is 0. The van der Waals surface area contributed by atoms with Crippen LogP contribution in [0.2, 0.25) is 0 Å². The van der Waals surface area contributed by atoms with E-state index in [2.05, 4.69) is 22.5 Å². The first-order valence-electron chi connectivity index (χ1n) is 1.17. The highest BCUT2D eigenvalue weighted by Crippen LogP contribution is 1.97. The van der Waals surface area contributed by atoms with Crippen molar-refractivity contribution in [3.8, 4) is 0 Å². The van der Waals surface area contributed by atoms with Crippen molar-refractivity contribution in [2.24, 2.45) is 0 Å². The molecule has 0 bridgehead atoms. The second kappa shape index (κ2) is 2.13. The molecule has 0 radical (unpaired) electrons. The standard InChI is InChI=1S/C4H4Br/c1-3-4(2)5/h2-3H,1H2/q+1. The number of hydrogen-bond acceptors (Lipinski definition) is 0. The van der Waals surface area contributed by atoms with Crippen molar-refractivity contribution in [2.45, 2.75) is 0 Å². The van der Waals surface area contributed by atoms with Crippen LogP contribution in [0, 0.1) is 6.58 Å². The zero-order valence-electron chi connectivity index (χ0n) is 2.74. The largest absolute Gasteiger partial charge is 0.228 e. The Morgan fingerprint density at radius 3 is 2.20 bits per heavy atom. The van der Waals surface area contributed by atoms with E-state index in [1.54, 1.807) is 0 Å². The second-order valence-corrected chi connectivity index (χ2v) is 1.50. The molecule has 0 aliphatic carbocycles. The summed E-state index contributed by atoms with van der Waals surface area (Å²) < 4.78 is 0.581. The molecule has 0 aliphatic rings. The highest BCUT2D eigenvalue weighted by atomic mass is 79.9. The van der Waals surface area contributed by atoms with Crippen molar-refractivity contribution < 1.29 is 0 Å². The van der Waals surface area contributed by atoms with Gasteiger partial charge in [-0.05, 0) is 6.58 Å². The molecule has 0 amide bonds. The van der Waals surface area contributed by atoms with E-state index in [1.807, 2.05) is 0 Å². The van der Waals surface area contributed by atoms with Gasteiger partial charge in [0.15, 0.2) is 0 Å². The lowest BCUT2D eigenvalue weighted by Crippen LogP contribution is -1.42. The van der Waals surface area contributed by atoms with Gasteiger partial charge in [0.25, 0.3) is 0 Å². The maximum absolute atomic E-state index is 5.01. The van der Waals surface area contributed by atoms with Crippen LogP contribution in [0.15, 0.2) is 17.1 Å². The molecule has 0 aliphatic heterocycles. The highest BCUT2D eigenvalue weighted by molar-refractivity contribution is 9.11. The Labute approximate surface area is 40.3 Å². The van der Waals surface area contributed by atoms with Crippen LogP contribution in [-0.2, 0) is 0 Å². The molecule has 0 atom stereocenters. The van der Waals surface area contributed by atoms with Gasteiger partial charge in [-0.2, -0.15) is 0 Å². The van der Waals surface area contributed by atoms with Crippen molar-refractivity contribution in [3.63, 3.8) is 0 Å². The molecule has 1 heteroatoms. The van der Waals surface area contributed by atoms with Gasteiger partial charge in [-0.25, -0.2) is 0 Å². The molecule has 0 aromatic carbocycles. The summed E-state index contributed by atoms with van der Waals surface area (Å²) in [5.41, 5.74) is 0. The Hall–Kier alpha value is -0.130. The lowest BCUT2D eigenvalue weighted by Gasteiger charge is -1.52. The Kier molecular flexibility index (Phi) is 2.07. The van der Waals surface area contributed by atoms with Gasteiger partial charge in [0, 0.05) is 15.9 Å². The molecule has 0 saturated heterocycles. The van der Waals surface area contributed by atoms with E-state index in [0.29, 0.717) is 4.48 Å². The van der Waals surface area contributed by atoms with Gasteiger partial charge in [-0.3, -0.25) is 0 Å². The minimum absolute atomic E-state index is 0.581. The van der Waals surface area contributed by atoms with E-state index >= 15 is 0 Å². The first kappa shape index (κ1) is 4.87. The molecule has 26 valence electrons. The number of allylic oxidation sites excluding steroid dienone is 2. The van der Waals surface area contributed by atoms with E-state index in [0.717, 1.165) is 0 Å². The van der Waals surface area contributed by atoms with Gasteiger partial charge in [-0.1, -0.05) is 0 Å². The summed E-state index contributed by atoms with van der Waals surface area (Å²) in [5.74, 6) is 0. The van der Waals surface area contributed by atoms with Crippen molar-refractivity contribution in [3.05, 3.63) is 23.7 Å². The van der Waals surface area contributed by atoms with Crippen LogP contribution in [0.5, 0.6) is 0 Å². The minimum Gasteiger partial charge on any atom is -0.0133 e. The van der Waals surface area contributed by atoms with Crippen LogP contribution in [0.4, 0.5) is 0 Å². The first-order valence-corrected chi connectivity index (χ1v) is 1.97. The van der Waals surface area contributed by atoms with E-state index < -0.39 is 0 Å². The van der Waals surface area contributed by atoms with Gasteiger partial charge in [0.05, 0.1) is 12.7 Å². The molecule has 0 N–H and O–H groups in total. The molecule has 0 saturated carbocycles. The number of halogens is 1. The summed E-state index contributed by atoms with van der Waals surface area (Å²) in [5, 5.41) is 0. The summed E-state index contributed by atoms with van der Waals surface area (Å²) in [6.45, 7) is 8.36. The second-order valence-electron chi connectivity index (χ2n) is 0.589. The molecule has 0 nitrogen and oxygen atoms in total. The zero-order chi connectivity index (χ0) is 4.28. The molecule has 0 heterocycles. The molecule has 0 rings (SSSR count). The van der Waals surface area contributed by atoms with Gasteiger partial charge in [-0.15, -0.1) is 0 Å². The average molecular weight is 132 g/mol. The third-order valence-corrected chi connectivity index (χ3v) is 0.519. The quantitative estimate of drug-likeness (QED) is 0.377. The normalized spacial score (nSPS) is 6.40. The summed E-state index contributed by atoms with van der Waals surface area (Å²) in [6.07, 6.45) is 1.53. The maximum atomic E-state index is 5.01. The molecule has 0 aromatic rings. The zero-order valence-corrected chi connectivity index (χ0v) is 4.33. The molecular weight excluding hydrogens is 128 g/mol. The van der Waals surface area contributed by atoms with Gasteiger partial charge < -0.3 is 0 Å². The van der Waals surface area contributed by atoms with E-state index in [1.165, 1.54) is 6.08 Å². The molecular formula is C4H4Br+. The lowest BCUT2D eigenvalue weighted by atomic mass is 10.6. The monoisotopic (exact) mass is 131 g/mol. The van der Waals surface area contributed by atoms with Gasteiger partial charge in [0.1, 0.15) is 0 Å². The minimum atomic E-state index is 0.581. The predicted molar refractivity (Wildman–Crippen MR) is 26.9 cm³/mol. The van der Waals surface area contributed by atoms with Crippen LogP contribution in [0.3, 0.4) is 0 Å². The third-order valence-electron chi connectivity index (χ3n) is 0.195. The fourth-order valence-corrected chi connectivity index (χ4v) is 0. The van der Waals surface area contributed by atoms with E-state index in [9.17, 15) is 0 Å². The molecule has 0 aromatic heterocycles. The summed E-state index contributed by atoms with van der Waals surface area (Å²) in [6, 6.07) is 0. The molecule has 0 unspecified atom stereocenters. The third kappa shape index (κ3) is 3.87. The molecule has 0 fully saturated rings. The SMILES string of the molecule is [CH+]=C(Br)C=C. The van der Waals surface area contributed by atoms with Crippen molar-refractivity contribution in [1.82, 2.24) is 0 Å². The molecule has 5 heavy (non-hydrogen) atoms. The van der Waals surface area contributed by atoms with Crippen molar-refractivity contribution in [1.29, 1.82) is 0 Å². The smallest absolute Gasteiger partial charge is 0.0133 e. The van der Waals surface area contributed by atoms with Crippen LogP contribution >= 0.6 is 15.9 Å². The predicted octanol–water partition coefficient (Wildman–Crippen LogP) is 1.88. The highest BCUT2D eigenvalue weighted by Gasteiger charge is 1.79. The van der Waals surface area contributed by atoms with E-state index in [-0.39, 0.29) is 0 Å². The Bertz CT molecular complexity index is 54.7. The van der Waals surface area contributed by atoms with Gasteiger partial charge in [0.2, 0.25) is 4.48 Å². The first-order chi connectivity index (χ1) is 2.27. The number of rotatable bonds is 1. The Morgan fingerprint density at radius 2 is 2.20 bits per heavy atom. The Morgan fingerprint density at radius 1 is 2.00 bits per heavy atom. The van der Waals surface area contributed by atoms with Crippen LogP contribution < -0.4 is 0 Å². The van der Waals surface area contributed by atoms with Crippen LogP contribution in [-0.4, -0.2) is 0 Å². The Balaban J connectivity index is 3.20. The summed E-state index contributed by atoms with van der Waals surface area (Å²) in [4.78, 5) is 0. The topological polar surface area (TPSA) is 0 Å². The van der Waals surface area contributed by atoms with Gasteiger partial charge >= 0.3 is 0 Å². The average Bonchev–Trinajstić information content (AvgIpc) is 1.38. The lowest BCUT2D eigenvalue weighted by molar-refractivity contribution is 2.05. The summed E-state index contributed by atoms with van der Waals surface area (Å²) >= 11 is 2.95. The summed E-state index contributed by atoms with van der Waals surface area (Å²) in [7, 11) is 0. The van der Waals surface area contributed by atoms with E-state index in [4.69, 9.17) is 6.58 Å². The molecule has 0 spiro atoms. The van der Waals surface area contributed by atoms with Crippen molar-refractivity contribution in [2.75, 3.05) is 0 Å². The van der Waals surface area contributed by atoms with Crippen molar-refractivity contribution >= 4 is 15.9 Å². The maximum Gasteiger partial charge on any atom is 0.228 e. The fraction of sp³-hybridized carbons (Fsp3) is 0. The number of hydrogen-bond donors (Lipinski definition) is 0. The van der Waals surface area contributed by atoms with Crippen LogP contribution in [0.1, 0.15) is 0 Å².